The molecule has 1 aliphatic carbocycles. The summed E-state index contributed by atoms with van der Waals surface area (Å²) >= 11 is 0. The number of carbonyl (C=O) groups excluding carboxylic acids is 1. The maximum absolute atomic E-state index is 12.3. The van der Waals surface area contributed by atoms with E-state index in [1.807, 2.05) is 0 Å². The molecule has 2 fully saturated rings. The minimum atomic E-state index is -3.46. The predicted octanol–water partition coefficient (Wildman–Crippen LogP) is 1.02. The summed E-state index contributed by atoms with van der Waals surface area (Å²) in [6.07, 6.45) is 8.57. The van der Waals surface area contributed by atoms with Crippen molar-refractivity contribution in [1.29, 1.82) is 0 Å². The third-order valence-corrected chi connectivity index (χ3v) is 6.64. The van der Waals surface area contributed by atoms with Crippen molar-refractivity contribution in [3.8, 4) is 0 Å². The van der Waals surface area contributed by atoms with Crippen LogP contribution in [0.25, 0.3) is 0 Å². The Morgan fingerprint density at radius 1 is 1.04 bits per heavy atom. The summed E-state index contributed by atoms with van der Waals surface area (Å²) in [4.78, 5) is 11.5. The van der Waals surface area contributed by atoms with Gasteiger partial charge in [-0.15, -0.1) is 0 Å². The van der Waals surface area contributed by atoms with Crippen molar-refractivity contribution >= 4 is 16.2 Å². The first-order valence-corrected chi connectivity index (χ1v) is 10.5. The van der Waals surface area contributed by atoms with E-state index >= 15 is 0 Å². The molecule has 8 heteroatoms. The molecule has 0 aromatic carbocycles. The second kappa shape index (κ2) is 9.70. The van der Waals surface area contributed by atoms with Crippen molar-refractivity contribution in [1.82, 2.24) is 14.3 Å². The van der Waals surface area contributed by atoms with Gasteiger partial charge < -0.3 is 10.1 Å². The van der Waals surface area contributed by atoms with E-state index in [2.05, 4.69) is 10.0 Å². The molecule has 1 aliphatic heterocycles. The van der Waals surface area contributed by atoms with Gasteiger partial charge >= 0.3 is 5.97 Å². The van der Waals surface area contributed by atoms with E-state index < -0.39 is 10.2 Å². The van der Waals surface area contributed by atoms with Gasteiger partial charge in [-0.05, 0) is 25.7 Å². The molecule has 1 heterocycles. The molecule has 0 aromatic heterocycles. The van der Waals surface area contributed by atoms with Crippen molar-refractivity contribution in [2.24, 2.45) is 5.92 Å². The summed E-state index contributed by atoms with van der Waals surface area (Å²) in [6.45, 7) is 1.79. The van der Waals surface area contributed by atoms with E-state index in [4.69, 9.17) is 4.74 Å². The van der Waals surface area contributed by atoms with Crippen molar-refractivity contribution in [2.45, 2.75) is 57.4 Å². The highest BCUT2D eigenvalue weighted by Crippen LogP contribution is 2.20. The van der Waals surface area contributed by atoms with Crippen molar-refractivity contribution in [3.05, 3.63) is 0 Å². The zero-order valence-electron chi connectivity index (χ0n) is 14.6. The van der Waals surface area contributed by atoms with Crippen LogP contribution < -0.4 is 10.0 Å². The monoisotopic (exact) mass is 361 g/mol. The Labute approximate surface area is 145 Å². The number of carbonyl (C=O) groups is 1. The third kappa shape index (κ3) is 5.98. The van der Waals surface area contributed by atoms with Crippen LogP contribution in [-0.4, -0.2) is 58.0 Å². The third-order valence-electron chi connectivity index (χ3n) is 5.03. The minimum Gasteiger partial charge on any atom is -0.469 e. The molecule has 2 rings (SSSR count). The number of rotatable bonds is 7. The van der Waals surface area contributed by atoms with Gasteiger partial charge in [-0.25, -0.2) is 4.72 Å². The summed E-state index contributed by atoms with van der Waals surface area (Å²) in [5.41, 5.74) is 0. The van der Waals surface area contributed by atoms with Crippen LogP contribution in [0.4, 0.5) is 0 Å². The fraction of sp³-hybridized carbons (Fsp3) is 0.938. The number of hydrogen-bond donors (Lipinski definition) is 2. The second-order valence-corrected chi connectivity index (χ2v) is 8.49. The molecular formula is C16H31N3O4S. The number of hydrogen-bond acceptors (Lipinski definition) is 5. The van der Waals surface area contributed by atoms with Gasteiger partial charge in [0.2, 0.25) is 0 Å². The highest BCUT2D eigenvalue weighted by atomic mass is 32.2. The molecule has 7 nitrogen and oxygen atoms in total. The number of nitrogens with one attached hydrogen (secondary N) is 2. The fourth-order valence-electron chi connectivity index (χ4n) is 3.53. The summed E-state index contributed by atoms with van der Waals surface area (Å²) in [7, 11) is -2.09. The van der Waals surface area contributed by atoms with E-state index in [0.29, 0.717) is 45.1 Å². The summed E-state index contributed by atoms with van der Waals surface area (Å²) in [5.74, 6) is -0.425. The van der Waals surface area contributed by atoms with Gasteiger partial charge in [-0.3, -0.25) is 4.79 Å². The van der Waals surface area contributed by atoms with Gasteiger partial charge in [0.1, 0.15) is 0 Å². The Hall–Kier alpha value is -0.700. The van der Waals surface area contributed by atoms with Gasteiger partial charge in [-0.1, -0.05) is 25.7 Å². The molecule has 0 amide bonds. The summed E-state index contributed by atoms with van der Waals surface area (Å²) in [5, 5.41) is 3.46. The summed E-state index contributed by atoms with van der Waals surface area (Å²) < 4.78 is 33.4. The van der Waals surface area contributed by atoms with Crippen LogP contribution in [0.15, 0.2) is 0 Å². The Balaban J connectivity index is 1.67. The zero-order valence-corrected chi connectivity index (χ0v) is 15.4. The minimum absolute atomic E-state index is 0.182. The van der Waals surface area contributed by atoms with Gasteiger partial charge in [0.05, 0.1) is 13.0 Å². The lowest BCUT2D eigenvalue weighted by Gasteiger charge is -2.29. The molecule has 0 radical (unpaired) electrons. The molecule has 0 spiro atoms. The lowest BCUT2D eigenvalue weighted by molar-refractivity contribution is -0.146. The standard InChI is InChI=1S/C16H31N3O4S/c1-23-16(20)14-8-12-19(13-9-14)24(21,22)18-11-10-17-15-6-4-2-3-5-7-15/h14-15,17-18H,2-13H2,1H3. The average molecular weight is 362 g/mol. The van der Waals surface area contributed by atoms with E-state index in [0.717, 1.165) is 0 Å². The van der Waals surface area contributed by atoms with Crippen molar-refractivity contribution < 1.29 is 17.9 Å². The SMILES string of the molecule is COC(=O)C1CCN(S(=O)(=O)NCCNC2CCCCCC2)CC1. The van der Waals surface area contributed by atoms with Crippen LogP contribution in [0.3, 0.4) is 0 Å². The first-order valence-electron chi connectivity index (χ1n) is 9.09. The Morgan fingerprint density at radius 3 is 2.25 bits per heavy atom. The molecule has 140 valence electrons. The van der Waals surface area contributed by atoms with Gasteiger partial charge in [0, 0.05) is 32.2 Å². The van der Waals surface area contributed by atoms with Gasteiger partial charge in [0.25, 0.3) is 10.2 Å². The normalized spacial score (nSPS) is 22.2. The topological polar surface area (TPSA) is 87.7 Å². The van der Waals surface area contributed by atoms with E-state index in [1.165, 1.54) is 49.9 Å². The molecule has 2 N–H and O–H groups in total. The Kier molecular flexibility index (Phi) is 7.93. The molecule has 24 heavy (non-hydrogen) atoms. The van der Waals surface area contributed by atoms with Gasteiger partial charge in [0.15, 0.2) is 0 Å². The predicted molar refractivity (Wildman–Crippen MR) is 92.7 cm³/mol. The maximum atomic E-state index is 12.3. The molecular weight excluding hydrogens is 330 g/mol. The van der Waals surface area contributed by atoms with Crippen molar-refractivity contribution in [2.75, 3.05) is 33.3 Å². The molecule has 1 saturated heterocycles. The highest BCUT2D eigenvalue weighted by Gasteiger charge is 2.31. The van der Waals surface area contributed by atoms with Crippen LogP contribution in [0.5, 0.6) is 0 Å². The molecule has 0 atom stereocenters. The van der Waals surface area contributed by atoms with E-state index in [9.17, 15) is 13.2 Å². The molecule has 0 unspecified atom stereocenters. The number of ether oxygens (including phenoxy) is 1. The number of esters is 1. The van der Waals surface area contributed by atoms with Gasteiger partial charge in [-0.2, -0.15) is 12.7 Å². The number of piperidine rings is 1. The Bertz CT molecular complexity index is 482. The van der Waals surface area contributed by atoms with Crippen LogP contribution in [0.2, 0.25) is 0 Å². The fourth-order valence-corrected chi connectivity index (χ4v) is 4.76. The number of methoxy groups -OCH3 is 1. The van der Waals surface area contributed by atoms with E-state index in [1.54, 1.807) is 0 Å². The lowest BCUT2D eigenvalue weighted by Crippen LogP contribution is -2.47. The highest BCUT2D eigenvalue weighted by molar-refractivity contribution is 7.87. The van der Waals surface area contributed by atoms with Crippen molar-refractivity contribution in [3.63, 3.8) is 0 Å². The maximum Gasteiger partial charge on any atom is 0.308 e. The summed E-state index contributed by atoms with van der Waals surface area (Å²) in [6, 6.07) is 0.521. The Morgan fingerprint density at radius 2 is 1.67 bits per heavy atom. The quantitative estimate of drug-likeness (QED) is 0.402. The molecule has 0 aromatic rings. The first-order chi connectivity index (χ1) is 11.5. The molecule has 1 saturated carbocycles. The van der Waals surface area contributed by atoms with Crippen LogP contribution in [-0.2, 0) is 19.7 Å². The average Bonchev–Trinajstić information content (AvgIpc) is 2.87. The first kappa shape index (κ1) is 19.6. The number of nitrogens with zero attached hydrogens (tertiary/aromatic N) is 1. The lowest BCUT2D eigenvalue weighted by atomic mass is 9.99. The van der Waals surface area contributed by atoms with Crippen LogP contribution in [0, 0.1) is 5.92 Å². The molecule has 0 bridgehead atoms. The molecule has 2 aliphatic rings. The zero-order chi connectivity index (χ0) is 17.4. The van der Waals surface area contributed by atoms with Crippen LogP contribution in [0.1, 0.15) is 51.4 Å². The largest absolute Gasteiger partial charge is 0.469 e. The smallest absolute Gasteiger partial charge is 0.308 e. The van der Waals surface area contributed by atoms with Crippen LogP contribution >= 0.6 is 0 Å². The van der Waals surface area contributed by atoms with E-state index in [-0.39, 0.29) is 11.9 Å². The second-order valence-electron chi connectivity index (χ2n) is 6.74.